The number of hydrogen-bond donors (Lipinski definition) is 1. The predicted molar refractivity (Wildman–Crippen MR) is 124 cm³/mol. The molecule has 3 aromatic rings. The first-order valence-electron chi connectivity index (χ1n) is 9.58. The van der Waals surface area contributed by atoms with E-state index in [0.717, 1.165) is 33.0 Å². The summed E-state index contributed by atoms with van der Waals surface area (Å²) in [7, 11) is 1.63. The van der Waals surface area contributed by atoms with Gasteiger partial charge in [0.2, 0.25) is 5.91 Å². The van der Waals surface area contributed by atoms with Crippen LogP contribution in [0.2, 0.25) is 0 Å². The third-order valence-electron chi connectivity index (χ3n) is 4.79. The fourth-order valence-electron chi connectivity index (χ4n) is 3.03. The first-order valence-corrected chi connectivity index (χ1v) is 11.4. The van der Waals surface area contributed by atoms with Gasteiger partial charge in [0.05, 0.1) is 18.2 Å². The van der Waals surface area contributed by atoms with Crippen molar-refractivity contribution in [2.24, 2.45) is 0 Å². The lowest BCUT2D eigenvalue weighted by Crippen LogP contribution is -2.28. The standard InChI is InChI=1S/C22H25N3O3S2/c1-5-12-25-21(27)19-14(2)15(3)30-20(19)24-22(25)29-13-18(26)23-11-10-16-6-8-17(28-4)9-7-16/h5-9H,1,10-13H2,2-4H3,(H,23,26). The van der Waals surface area contributed by atoms with E-state index >= 15 is 0 Å². The van der Waals surface area contributed by atoms with Gasteiger partial charge in [-0.2, -0.15) is 0 Å². The van der Waals surface area contributed by atoms with E-state index in [2.05, 4.69) is 16.9 Å². The molecule has 0 fully saturated rings. The average molecular weight is 444 g/mol. The molecular formula is C22H25N3O3S2. The number of carbonyl (C=O) groups excluding carboxylic acids is 1. The Labute approximate surface area is 184 Å². The van der Waals surface area contributed by atoms with Gasteiger partial charge in [-0.05, 0) is 43.5 Å². The van der Waals surface area contributed by atoms with Crippen LogP contribution in [0.4, 0.5) is 0 Å². The zero-order valence-electron chi connectivity index (χ0n) is 17.4. The fraction of sp³-hybridized carbons (Fsp3) is 0.318. The van der Waals surface area contributed by atoms with Crippen LogP contribution in [0.3, 0.4) is 0 Å². The third-order valence-corrected chi connectivity index (χ3v) is 6.87. The lowest BCUT2D eigenvalue weighted by molar-refractivity contribution is -0.118. The zero-order chi connectivity index (χ0) is 21.7. The quantitative estimate of drug-likeness (QED) is 0.310. The Kier molecular flexibility index (Phi) is 7.33. The Balaban J connectivity index is 1.64. The van der Waals surface area contributed by atoms with Crippen molar-refractivity contribution < 1.29 is 9.53 Å². The summed E-state index contributed by atoms with van der Waals surface area (Å²) in [5.74, 6) is 0.915. The summed E-state index contributed by atoms with van der Waals surface area (Å²) in [6.45, 7) is 8.57. The highest BCUT2D eigenvalue weighted by molar-refractivity contribution is 7.99. The van der Waals surface area contributed by atoms with Crippen LogP contribution in [0.5, 0.6) is 5.75 Å². The minimum atomic E-state index is -0.0912. The molecule has 0 atom stereocenters. The number of rotatable bonds is 9. The number of nitrogens with zero attached hydrogens (tertiary/aromatic N) is 2. The maximum Gasteiger partial charge on any atom is 0.263 e. The molecule has 30 heavy (non-hydrogen) atoms. The van der Waals surface area contributed by atoms with Crippen LogP contribution < -0.4 is 15.6 Å². The molecule has 0 bridgehead atoms. The smallest absolute Gasteiger partial charge is 0.263 e. The molecule has 0 aliphatic carbocycles. The van der Waals surface area contributed by atoms with Crippen LogP contribution in [0.1, 0.15) is 16.0 Å². The monoisotopic (exact) mass is 443 g/mol. The number of carbonyl (C=O) groups is 1. The molecule has 0 saturated carbocycles. The number of allylic oxidation sites excluding steroid dienone is 1. The first-order chi connectivity index (χ1) is 14.4. The first kappa shape index (κ1) is 22.1. The number of benzene rings is 1. The molecule has 0 aliphatic heterocycles. The highest BCUT2D eigenvalue weighted by Gasteiger charge is 2.17. The number of thiophene rings is 1. The minimum Gasteiger partial charge on any atom is -0.497 e. The molecule has 1 amide bonds. The van der Waals surface area contributed by atoms with Gasteiger partial charge in [-0.15, -0.1) is 17.9 Å². The Morgan fingerprint density at radius 2 is 2.07 bits per heavy atom. The van der Waals surface area contributed by atoms with E-state index in [1.807, 2.05) is 38.1 Å². The second-order valence-electron chi connectivity index (χ2n) is 6.80. The second-order valence-corrected chi connectivity index (χ2v) is 8.94. The van der Waals surface area contributed by atoms with Crippen molar-refractivity contribution in [3.63, 3.8) is 0 Å². The molecule has 1 aromatic carbocycles. The molecule has 3 rings (SSSR count). The van der Waals surface area contributed by atoms with Crippen LogP contribution in [-0.2, 0) is 17.8 Å². The Morgan fingerprint density at radius 3 is 2.73 bits per heavy atom. The fourth-order valence-corrected chi connectivity index (χ4v) is 4.94. The molecule has 158 valence electrons. The average Bonchev–Trinajstić information content (AvgIpc) is 3.03. The summed E-state index contributed by atoms with van der Waals surface area (Å²) < 4.78 is 6.73. The number of thioether (sulfide) groups is 1. The lowest BCUT2D eigenvalue weighted by Gasteiger charge is -2.10. The van der Waals surface area contributed by atoms with E-state index in [0.29, 0.717) is 23.6 Å². The molecule has 1 N–H and O–H groups in total. The molecule has 0 spiro atoms. The summed E-state index contributed by atoms with van der Waals surface area (Å²) >= 11 is 2.78. The topological polar surface area (TPSA) is 73.2 Å². The number of methoxy groups -OCH3 is 1. The third kappa shape index (κ3) is 4.94. The van der Waals surface area contributed by atoms with Gasteiger partial charge in [0.15, 0.2) is 5.16 Å². The van der Waals surface area contributed by atoms with Crippen molar-refractivity contribution in [3.05, 3.63) is 63.3 Å². The molecule has 0 aliphatic rings. The summed E-state index contributed by atoms with van der Waals surface area (Å²) in [6.07, 6.45) is 2.40. The summed E-state index contributed by atoms with van der Waals surface area (Å²) in [4.78, 5) is 31.7. The number of nitrogens with one attached hydrogen (secondary N) is 1. The number of ether oxygens (including phenoxy) is 1. The van der Waals surface area contributed by atoms with Gasteiger partial charge >= 0.3 is 0 Å². The highest BCUT2D eigenvalue weighted by atomic mass is 32.2. The summed E-state index contributed by atoms with van der Waals surface area (Å²) in [5.41, 5.74) is 2.02. The van der Waals surface area contributed by atoms with Gasteiger partial charge in [-0.1, -0.05) is 30.0 Å². The van der Waals surface area contributed by atoms with Crippen molar-refractivity contribution in [2.45, 2.75) is 32.0 Å². The van der Waals surface area contributed by atoms with Crippen LogP contribution in [-0.4, -0.2) is 34.9 Å². The molecule has 6 nitrogen and oxygen atoms in total. The van der Waals surface area contributed by atoms with Crippen molar-refractivity contribution in [1.29, 1.82) is 0 Å². The molecule has 0 saturated heterocycles. The van der Waals surface area contributed by atoms with Gasteiger partial charge in [0, 0.05) is 18.0 Å². The van der Waals surface area contributed by atoms with E-state index in [-0.39, 0.29) is 17.2 Å². The van der Waals surface area contributed by atoms with E-state index in [1.165, 1.54) is 23.1 Å². The Morgan fingerprint density at radius 1 is 1.33 bits per heavy atom. The van der Waals surface area contributed by atoms with E-state index in [4.69, 9.17) is 4.74 Å². The van der Waals surface area contributed by atoms with Crippen molar-refractivity contribution in [3.8, 4) is 5.75 Å². The molecule has 2 heterocycles. The van der Waals surface area contributed by atoms with Crippen LogP contribution in [0.15, 0.2) is 46.9 Å². The Bertz CT molecular complexity index is 1120. The zero-order valence-corrected chi connectivity index (χ0v) is 19.0. The SMILES string of the molecule is C=CCn1c(SCC(=O)NCCc2ccc(OC)cc2)nc2sc(C)c(C)c2c1=O. The van der Waals surface area contributed by atoms with E-state index in [9.17, 15) is 9.59 Å². The second kappa shape index (κ2) is 9.95. The summed E-state index contributed by atoms with van der Waals surface area (Å²) in [5, 5.41) is 4.12. The predicted octanol–water partition coefficient (Wildman–Crippen LogP) is 3.72. The molecule has 8 heteroatoms. The normalized spacial score (nSPS) is 10.9. The van der Waals surface area contributed by atoms with Gasteiger partial charge in [-0.25, -0.2) is 4.98 Å². The number of aromatic nitrogens is 2. The van der Waals surface area contributed by atoms with Gasteiger partial charge < -0.3 is 10.1 Å². The number of fused-ring (bicyclic) bond motifs is 1. The minimum absolute atomic E-state index is 0.0795. The van der Waals surface area contributed by atoms with Gasteiger partial charge in [0.1, 0.15) is 10.6 Å². The van der Waals surface area contributed by atoms with E-state index < -0.39 is 0 Å². The Hall–Kier alpha value is -2.58. The number of amides is 1. The highest BCUT2D eigenvalue weighted by Crippen LogP contribution is 2.28. The van der Waals surface area contributed by atoms with Gasteiger partial charge in [-0.3, -0.25) is 14.2 Å². The lowest BCUT2D eigenvalue weighted by atomic mass is 10.1. The molecular weight excluding hydrogens is 418 g/mol. The molecule has 0 radical (unpaired) electrons. The van der Waals surface area contributed by atoms with Gasteiger partial charge in [0.25, 0.3) is 5.56 Å². The van der Waals surface area contributed by atoms with Crippen LogP contribution >= 0.6 is 23.1 Å². The molecule has 2 aromatic heterocycles. The number of aryl methyl sites for hydroxylation is 2. The molecule has 0 unspecified atom stereocenters. The maximum atomic E-state index is 13.0. The van der Waals surface area contributed by atoms with Crippen molar-refractivity contribution in [2.75, 3.05) is 19.4 Å². The van der Waals surface area contributed by atoms with Crippen molar-refractivity contribution >= 4 is 39.2 Å². The van der Waals surface area contributed by atoms with Crippen molar-refractivity contribution in [1.82, 2.24) is 14.9 Å². The van der Waals surface area contributed by atoms with Crippen LogP contribution in [0.25, 0.3) is 10.2 Å². The summed E-state index contributed by atoms with van der Waals surface area (Å²) in [6, 6.07) is 7.78. The van der Waals surface area contributed by atoms with Crippen LogP contribution in [0, 0.1) is 13.8 Å². The van der Waals surface area contributed by atoms with E-state index in [1.54, 1.807) is 17.8 Å². The number of hydrogen-bond acceptors (Lipinski definition) is 6. The largest absolute Gasteiger partial charge is 0.497 e. The maximum absolute atomic E-state index is 13.0.